The van der Waals surface area contributed by atoms with E-state index in [-0.39, 0.29) is 10.7 Å². The van der Waals surface area contributed by atoms with E-state index in [0.29, 0.717) is 32.2 Å². The standard InChI is InChI=1S/C30H39N3O7S/c1-32(2)29(23-13-7-4-8-14-23)17-15-24(16-18-29)33(28(41)31-19-9-12-22-10-5-3-6-11-22)40-30(27(38)39,20-25(34)35)21-26(36)37/h3-8,10-11,13-14,24H,9,12,15-21H2,1-2H3,(H,31,41)(H,34,35)(H,36,37)(H,38,39). The molecule has 10 nitrogen and oxygen atoms in total. The highest BCUT2D eigenvalue weighted by atomic mass is 32.1. The highest BCUT2D eigenvalue weighted by molar-refractivity contribution is 7.80. The van der Waals surface area contributed by atoms with Gasteiger partial charge in [0, 0.05) is 12.1 Å². The number of hydrogen-bond acceptors (Lipinski definition) is 6. The zero-order valence-corrected chi connectivity index (χ0v) is 24.3. The average molecular weight is 586 g/mol. The van der Waals surface area contributed by atoms with E-state index in [1.165, 1.54) is 5.06 Å². The largest absolute Gasteiger partial charge is 0.481 e. The van der Waals surface area contributed by atoms with Crippen molar-refractivity contribution in [3.63, 3.8) is 0 Å². The van der Waals surface area contributed by atoms with Crippen LogP contribution in [-0.4, -0.2) is 80.6 Å². The lowest BCUT2D eigenvalue weighted by molar-refractivity contribution is -0.242. The summed E-state index contributed by atoms with van der Waals surface area (Å²) in [6.45, 7) is 0.462. The number of aryl methyl sites for hydroxylation is 1. The highest BCUT2D eigenvalue weighted by Crippen LogP contribution is 2.43. The fourth-order valence-corrected chi connectivity index (χ4v) is 5.83. The molecule has 0 bridgehead atoms. The number of hydroxylamine groups is 2. The first-order chi connectivity index (χ1) is 19.5. The van der Waals surface area contributed by atoms with Gasteiger partial charge in [-0.25, -0.2) is 9.86 Å². The fourth-order valence-electron chi connectivity index (χ4n) is 5.54. The second kappa shape index (κ2) is 14.4. The van der Waals surface area contributed by atoms with Gasteiger partial charge >= 0.3 is 17.9 Å². The van der Waals surface area contributed by atoms with Gasteiger partial charge < -0.3 is 20.6 Å². The third-order valence-corrected chi connectivity index (χ3v) is 8.10. The molecule has 1 aliphatic carbocycles. The van der Waals surface area contributed by atoms with Crippen LogP contribution in [0, 0.1) is 0 Å². The molecule has 0 atom stereocenters. The summed E-state index contributed by atoms with van der Waals surface area (Å²) in [6, 6.07) is 19.7. The lowest BCUT2D eigenvalue weighted by atomic mass is 9.74. The third-order valence-electron chi connectivity index (χ3n) is 7.78. The van der Waals surface area contributed by atoms with Crippen LogP contribution in [-0.2, 0) is 31.2 Å². The molecule has 1 fully saturated rings. The molecule has 11 heteroatoms. The molecule has 0 aromatic heterocycles. The number of aliphatic carboxylic acids is 3. The van der Waals surface area contributed by atoms with Gasteiger partial charge in [-0.1, -0.05) is 60.7 Å². The number of benzene rings is 2. The third kappa shape index (κ3) is 8.25. The van der Waals surface area contributed by atoms with Crippen LogP contribution in [0.25, 0.3) is 0 Å². The minimum absolute atomic E-state index is 0.0986. The van der Waals surface area contributed by atoms with E-state index in [0.717, 1.165) is 24.0 Å². The monoisotopic (exact) mass is 585 g/mol. The number of hydrogen-bond donors (Lipinski definition) is 4. The van der Waals surface area contributed by atoms with Gasteiger partial charge in [-0.2, -0.15) is 0 Å². The van der Waals surface area contributed by atoms with Gasteiger partial charge in [0.25, 0.3) is 0 Å². The lowest BCUT2D eigenvalue weighted by Gasteiger charge is -2.48. The zero-order chi connectivity index (χ0) is 30.0. The molecule has 0 spiro atoms. The van der Waals surface area contributed by atoms with Gasteiger partial charge in [0.1, 0.15) is 0 Å². The number of nitrogens with one attached hydrogen (secondary N) is 1. The molecule has 1 saturated carbocycles. The van der Waals surface area contributed by atoms with E-state index in [4.69, 9.17) is 17.1 Å². The SMILES string of the molecule is CN(C)C1(c2ccccc2)CCC(N(OC(CC(=O)O)(CC(=O)O)C(=O)O)C(=S)NCCCc2ccccc2)CC1. The Kier molecular flexibility index (Phi) is 11.2. The quantitative estimate of drug-likeness (QED) is 0.146. The molecule has 3 rings (SSSR count). The molecule has 41 heavy (non-hydrogen) atoms. The Morgan fingerprint density at radius 3 is 1.98 bits per heavy atom. The highest BCUT2D eigenvalue weighted by Gasteiger charge is 2.49. The summed E-state index contributed by atoms with van der Waals surface area (Å²) in [5.41, 5.74) is -0.480. The summed E-state index contributed by atoms with van der Waals surface area (Å²) in [5.74, 6) is -4.66. The van der Waals surface area contributed by atoms with E-state index in [1.807, 2.05) is 62.6 Å². The summed E-state index contributed by atoms with van der Waals surface area (Å²) in [4.78, 5) is 43.9. The minimum Gasteiger partial charge on any atom is -0.481 e. The van der Waals surface area contributed by atoms with Gasteiger partial charge in [0.05, 0.1) is 18.9 Å². The van der Waals surface area contributed by atoms with Gasteiger partial charge in [0.2, 0.25) is 5.60 Å². The van der Waals surface area contributed by atoms with Crippen LogP contribution in [0.3, 0.4) is 0 Å². The van der Waals surface area contributed by atoms with E-state index in [1.54, 1.807) is 0 Å². The summed E-state index contributed by atoms with van der Waals surface area (Å²) in [7, 11) is 4.05. The maximum atomic E-state index is 12.4. The summed E-state index contributed by atoms with van der Waals surface area (Å²) >= 11 is 5.66. The molecule has 222 valence electrons. The van der Waals surface area contributed by atoms with Crippen LogP contribution < -0.4 is 5.32 Å². The van der Waals surface area contributed by atoms with E-state index in [2.05, 4.69) is 22.3 Å². The molecule has 0 radical (unpaired) electrons. The Bertz CT molecular complexity index is 1170. The Morgan fingerprint density at radius 1 is 0.951 bits per heavy atom. The molecule has 0 amide bonds. The van der Waals surface area contributed by atoms with E-state index in [9.17, 15) is 29.7 Å². The Morgan fingerprint density at radius 2 is 1.49 bits per heavy atom. The molecular weight excluding hydrogens is 546 g/mol. The Labute approximate surface area is 245 Å². The first-order valence-electron chi connectivity index (χ1n) is 13.7. The molecule has 0 unspecified atom stereocenters. The summed E-state index contributed by atoms with van der Waals surface area (Å²) in [5, 5.41) is 33.5. The molecule has 0 aliphatic heterocycles. The molecule has 0 saturated heterocycles. The lowest BCUT2D eigenvalue weighted by Crippen LogP contribution is -2.57. The predicted molar refractivity (Wildman–Crippen MR) is 157 cm³/mol. The van der Waals surface area contributed by atoms with Crippen molar-refractivity contribution in [2.75, 3.05) is 20.6 Å². The van der Waals surface area contributed by atoms with Crippen molar-refractivity contribution in [1.82, 2.24) is 15.3 Å². The minimum atomic E-state index is -2.54. The normalized spacial score (nSPS) is 19.0. The van der Waals surface area contributed by atoms with Gasteiger partial charge in [-0.05, 0) is 76.0 Å². The molecule has 4 N–H and O–H groups in total. The molecule has 1 aliphatic rings. The van der Waals surface area contributed by atoms with Crippen molar-refractivity contribution in [2.45, 2.75) is 68.5 Å². The second-order valence-corrected chi connectivity index (χ2v) is 11.1. The van der Waals surface area contributed by atoms with Gasteiger partial charge in [-0.3, -0.25) is 19.3 Å². The Hall–Kier alpha value is -3.54. The van der Waals surface area contributed by atoms with Gasteiger partial charge in [-0.15, -0.1) is 0 Å². The number of nitrogens with zero attached hydrogens (tertiary/aromatic N) is 2. The smallest absolute Gasteiger partial charge is 0.340 e. The van der Waals surface area contributed by atoms with Crippen LogP contribution in [0.1, 0.15) is 56.1 Å². The van der Waals surface area contributed by atoms with Crippen molar-refractivity contribution in [1.29, 1.82) is 0 Å². The van der Waals surface area contributed by atoms with Crippen molar-refractivity contribution < 1.29 is 34.5 Å². The topological polar surface area (TPSA) is 140 Å². The van der Waals surface area contributed by atoms with E-state index >= 15 is 0 Å². The second-order valence-electron chi connectivity index (χ2n) is 10.7. The zero-order valence-electron chi connectivity index (χ0n) is 23.5. The maximum absolute atomic E-state index is 12.4. The van der Waals surface area contributed by atoms with Gasteiger partial charge in [0.15, 0.2) is 5.11 Å². The molecule has 0 heterocycles. The molecule has 2 aromatic carbocycles. The Balaban J connectivity index is 1.84. The van der Waals surface area contributed by atoms with Crippen LogP contribution >= 0.6 is 12.2 Å². The van der Waals surface area contributed by atoms with Crippen LogP contribution in [0.15, 0.2) is 60.7 Å². The maximum Gasteiger partial charge on any atom is 0.340 e. The molecule has 2 aromatic rings. The van der Waals surface area contributed by atoms with E-state index < -0.39 is 42.4 Å². The van der Waals surface area contributed by atoms with Crippen molar-refractivity contribution in [3.8, 4) is 0 Å². The number of carboxylic acids is 3. The summed E-state index contributed by atoms with van der Waals surface area (Å²) < 4.78 is 0. The number of carbonyl (C=O) groups is 3. The first-order valence-corrected chi connectivity index (χ1v) is 14.1. The van der Waals surface area contributed by atoms with Crippen LogP contribution in [0.4, 0.5) is 0 Å². The number of carboxylic acid groups (broad SMARTS) is 3. The first kappa shape index (κ1) is 32.0. The average Bonchev–Trinajstić information content (AvgIpc) is 2.94. The fraction of sp³-hybridized carbons (Fsp3) is 0.467. The van der Waals surface area contributed by atoms with Crippen molar-refractivity contribution in [3.05, 3.63) is 71.8 Å². The predicted octanol–water partition coefficient (Wildman–Crippen LogP) is 3.90. The number of rotatable bonds is 14. The van der Waals surface area contributed by atoms with Crippen LogP contribution in [0.2, 0.25) is 0 Å². The summed E-state index contributed by atoms with van der Waals surface area (Å²) in [6.07, 6.45) is 1.94. The van der Waals surface area contributed by atoms with Crippen molar-refractivity contribution in [2.24, 2.45) is 0 Å². The molecular formula is C30H39N3O7S. The van der Waals surface area contributed by atoms with Crippen LogP contribution in [0.5, 0.6) is 0 Å². The van der Waals surface area contributed by atoms with Crippen molar-refractivity contribution >= 4 is 35.2 Å². The number of thiocarbonyl (C=S) groups is 1.